The van der Waals surface area contributed by atoms with Gasteiger partial charge in [-0.3, -0.25) is 4.79 Å². The van der Waals surface area contributed by atoms with Crippen molar-refractivity contribution in [2.24, 2.45) is 11.3 Å². The van der Waals surface area contributed by atoms with E-state index in [0.29, 0.717) is 24.4 Å². The molecule has 3 nitrogen and oxygen atoms in total. The Bertz CT molecular complexity index is 532. The highest BCUT2D eigenvalue weighted by molar-refractivity contribution is 9.10. The van der Waals surface area contributed by atoms with Gasteiger partial charge in [-0.1, -0.05) is 6.92 Å². The first-order chi connectivity index (χ1) is 8.47. The van der Waals surface area contributed by atoms with Gasteiger partial charge in [-0.2, -0.15) is 5.26 Å². The second kappa shape index (κ2) is 4.69. The molecule has 0 spiro atoms. The van der Waals surface area contributed by atoms with Crippen molar-refractivity contribution in [3.05, 3.63) is 28.5 Å². The number of amides is 1. The van der Waals surface area contributed by atoms with Crippen LogP contribution in [-0.2, 0) is 4.79 Å². The smallest absolute Gasteiger partial charge is 0.244 e. The molecule has 0 aliphatic heterocycles. The van der Waals surface area contributed by atoms with Crippen LogP contribution in [0.3, 0.4) is 0 Å². The predicted octanol–water partition coefficient (Wildman–Crippen LogP) is 3.47. The lowest BCUT2D eigenvalue weighted by Gasteiger charge is -2.39. The summed E-state index contributed by atoms with van der Waals surface area (Å²) in [5.74, 6) is -0.294. The lowest BCUT2D eigenvalue weighted by Crippen LogP contribution is -2.45. The number of nitriles is 1. The van der Waals surface area contributed by atoms with Gasteiger partial charge in [0.15, 0.2) is 0 Å². The maximum absolute atomic E-state index is 13.1. The SMILES string of the molecule is CC1CC(C#N)(C(=O)Nc2ccc(F)c(Br)c2)C1. The Morgan fingerprint density at radius 3 is 2.78 bits per heavy atom. The summed E-state index contributed by atoms with van der Waals surface area (Å²) >= 11 is 3.05. The Morgan fingerprint density at radius 2 is 2.28 bits per heavy atom. The van der Waals surface area contributed by atoms with E-state index in [-0.39, 0.29) is 16.2 Å². The fourth-order valence-corrected chi connectivity index (χ4v) is 2.66. The van der Waals surface area contributed by atoms with Gasteiger partial charge in [0, 0.05) is 5.69 Å². The van der Waals surface area contributed by atoms with Gasteiger partial charge in [-0.05, 0) is 52.9 Å². The molecule has 1 N–H and O–H groups in total. The first-order valence-corrected chi connectivity index (χ1v) is 6.44. The molecule has 94 valence electrons. The maximum atomic E-state index is 13.1. The monoisotopic (exact) mass is 310 g/mol. The van der Waals surface area contributed by atoms with E-state index in [1.54, 1.807) is 0 Å². The molecule has 0 heterocycles. The zero-order chi connectivity index (χ0) is 13.3. The minimum absolute atomic E-state index is 0.285. The van der Waals surface area contributed by atoms with Gasteiger partial charge >= 0.3 is 0 Å². The molecule has 1 amide bonds. The van der Waals surface area contributed by atoms with Crippen LogP contribution in [0.4, 0.5) is 10.1 Å². The number of nitrogens with zero attached hydrogens (tertiary/aromatic N) is 1. The fraction of sp³-hybridized carbons (Fsp3) is 0.385. The lowest BCUT2D eigenvalue weighted by atomic mass is 9.63. The van der Waals surface area contributed by atoms with Crippen LogP contribution < -0.4 is 5.32 Å². The molecule has 0 bridgehead atoms. The Balaban J connectivity index is 2.12. The summed E-state index contributed by atoms with van der Waals surface area (Å²) in [6.07, 6.45) is 1.16. The largest absolute Gasteiger partial charge is 0.325 e. The van der Waals surface area contributed by atoms with E-state index in [2.05, 4.69) is 27.3 Å². The number of nitrogens with one attached hydrogen (secondary N) is 1. The molecular weight excluding hydrogens is 299 g/mol. The first-order valence-electron chi connectivity index (χ1n) is 5.64. The van der Waals surface area contributed by atoms with Gasteiger partial charge < -0.3 is 5.32 Å². The molecular formula is C13H12BrFN2O. The molecule has 1 aromatic carbocycles. The zero-order valence-electron chi connectivity index (χ0n) is 9.84. The molecule has 1 fully saturated rings. The minimum atomic E-state index is -0.916. The third-order valence-electron chi connectivity index (χ3n) is 3.22. The normalized spacial score (nSPS) is 26.0. The molecule has 0 radical (unpaired) electrons. The number of halogens is 2. The van der Waals surface area contributed by atoms with Gasteiger partial charge in [-0.15, -0.1) is 0 Å². The average molecular weight is 311 g/mol. The molecule has 0 saturated heterocycles. The minimum Gasteiger partial charge on any atom is -0.325 e. The van der Waals surface area contributed by atoms with Crippen molar-refractivity contribution in [1.29, 1.82) is 5.26 Å². The van der Waals surface area contributed by atoms with Crippen molar-refractivity contribution < 1.29 is 9.18 Å². The first kappa shape index (κ1) is 13.0. The molecule has 5 heteroatoms. The lowest BCUT2D eigenvalue weighted by molar-refractivity contribution is -0.128. The molecule has 1 aliphatic rings. The van der Waals surface area contributed by atoms with E-state index < -0.39 is 5.41 Å². The molecule has 0 aromatic heterocycles. The van der Waals surface area contributed by atoms with E-state index in [1.165, 1.54) is 18.2 Å². The van der Waals surface area contributed by atoms with Crippen molar-refractivity contribution in [2.45, 2.75) is 19.8 Å². The summed E-state index contributed by atoms with van der Waals surface area (Å²) in [6, 6.07) is 6.32. The van der Waals surface area contributed by atoms with Crippen molar-refractivity contribution in [3.8, 4) is 6.07 Å². The predicted molar refractivity (Wildman–Crippen MR) is 69.2 cm³/mol. The molecule has 0 atom stereocenters. The van der Waals surface area contributed by atoms with Crippen molar-refractivity contribution in [2.75, 3.05) is 5.32 Å². The molecule has 1 aliphatic carbocycles. The van der Waals surface area contributed by atoms with Crippen LogP contribution in [-0.4, -0.2) is 5.91 Å². The van der Waals surface area contributed by atoms with Crippen LogP contribution >= 0.6 is 15.9 Å². The summed E-state index contributed by atoms with van der Waals surface area (Å²) in [6.45, 7) is 2.01. The highest BCUT2D eigenvalue weighted by Gasteiger charge is 2.48. The summed E-state index contributed by atoms with van der Waals surface area (Å²) in [7, 11) is 0. The number of hydrogen-bond acceptors (Lipinski definition) is 2. The maximum Gasteiger partial charge on any atom is 0.244 e. The number of carbonyl (C=O) groups is 1. The topological polar surface area (TPSA) is 52.9 Å². The molecule has 0 unspecified atom stereocenters. The quantitative estimate of drug-likeness (QED) is 0.909. The molecule has 2 rings (SSSR count). The number of carbonyl (C=O) groups excluding carboxylic acids is 1. The van der Waals surface area contributed by atoms with Crippen molar-refractivity contribution in [1.82, 2.24) is 0 Å². The Kier molecular flexibility index (Phi) is 3.40. The van der Waals surface area contributed by atoms with Gasteiger partial charge in [0.2, 0.25) is 5.91 Å². The average Bonchev–Trinajstić information content (AvgIpc) is 2.29. The van der Waals surface area contributed by atoms with Crippen molar-refractivity contribution >= 4 is 27.5 Å². The van der Waals surface area contributed by atoms with Gasteiger partial charge in [0.25, 0.3) is 0 Å². The van der Waals surface area contributed by atoms with Crippen LogP contribution in [0.25, 0.3) is 0 Å². The second-order valence-electron chi connectivity index (χ2n) is 4.79. The summed E-state index contributed by atoms with van der Waals surface area (Å²) < 4.78 is 13.3. The Morgan fingerprint density at radius 1 is 1.61 bits per heavy atom. The van der Waals surface area contributed by atoms with Gasteiger partial charge in [0.05, 0.1) is 10.5 Å². The number of anilines is 1. The standard InChI is InChI=1S/C13H12BrFN2O/c1-8-5-13(6-8,7-16)12(18)17-9-2-3-11(15)10(14)4-9/h2-4,8H,5-6H2,1H3,(H,17,18). The number of rotatable bonds is 2. The summed E-state index contributed by atoms with van der Waals surface area (Å²) in [5, 5.41) is 11.8. The third-order valence-corrected chi connectivity index (χ3v) is 3.83. The number of hydrogen-bond donors (Lipinski definition) is 1. The summed E-state index contributed by atoms with van der Waals surface area (Å²) in [5.41, 5.74) is -0.428. The fourth-order valence-electron chi connectivity index (χ4n) is 2.28. The number of benzene rings is 1. The Labute approximate surface area is 113 Å². The van der Waals surface area contributed by atoms with E-state index in [9.17, 15) is 9.18 Å². The molecule has 1 aromatic rings. The van der Waals surface area contributed by atoms with E-state index in [0.717, 1.165) is 0 Å². The Hall–Kier alpha value is -1.41. The van der Waals surface area contributed by atoms with Crippen LogP contribution in [0.1, 0.15) is 19.8 Å². The van der Waals surface area contributed by atoms with Crippen LogP contribution in [0, 0.1) is 28.5 Å². The van der Waals surface area contributed by atoms with Crippen LogP contribution in [0.2, 0.25) is 0 Å². The van der Waals surface area contributed by atoms with Gasteiger partial charge in [0.1, 0.15) is 11.2 Å². The highest BCUT2D eigenvalue weighted by Crippen LogP contribution is 2.45. The van der Waals surface area contributed by atoms with Crippen LogP contribution in [0.15, 0.2) is 22.7 Å². The molecule has 1 saturated carbocycles. The molecule has 18 heavy (non-hydrogen) atoms. The van der Waals surface area contributed by atoms with E-state index >= 15 is 0 Å². The highest BCUT2D eigenvalue weighted by atomic mass is 79.9. The van der Waals surface area contributed by atoms with E-state index in [1.807, 2.05) is 6.92 Å². The third kappa shape index (κ3) is 2.25. The van der Waals surface area contributed by atoms with Gasteiger partial charge in [-0.25, -0.2) is 4.39 Å². The van der Waals surface area contributed by atoms with Crippen LogP contribution in [0.5, 0.6) is 0 Å². The van der Waals surface area contributed by atoms with Crippen molar-refractivity contribution in [3.63, 3.8) is 0 Å². The second-order valence-corrected chi connectivity index (χ2v) is 5.64. The van der Waals surface area contributed by atoms with E-state index in [4.69, 9.17) is 5.26 Å². The summed E-state index contributed by atoms with van der Waals surface area (Å²) in [4.78, 5) is 12.0. The zero-order valence-corrected chi connectivity index (χ0v) is 11.4.